The molecule has 0 spiro atoms. The number of nitrogens with one attached hydrogen (secondary N) is 1. The van der Waals surface area contributed by atoms with Gasteiger partial charge in [0.25, 0.3) is 0 Å². The van der Waals surface area contributed by atoms with Crippen LogP contribution in [0, 0.1) is 0 Å². The third-order valence-electron chi connectivity index (χ3n) is 3.27. The Kier molecular flexibility index (Phi) is 5.50. The Morgan fingerprint density at radius 2 is 2.10 bits per heavy atom. The quantitative estimate of drug-likeness (QED) is 0.834. The van der Waals surface area contributed by atoms with Crippen molar-refractivity contribution in [2.75, 3.05) is 13.2 Å². The van der Waals surface area contributed by atoms with Gasteiger partial charge >= 0.3 is 0 Å². The predicted molar refractivity (Wildman–Crippen MR) is 83.9 cm³/mol. The lowest BCUT2D eigenvalue weighted by Gasteiger charge is -2.21. The number of aromatic nitrogens is 1. The van der Waals surface area contributed by atoms with Gasteiger partial charge in [-0.25, -0.2) is 0 Å². The van der Waals surface area contributed by atoms with Gasteiger partial charge in [0.05, 0.1) is 24.3 Å². The molecule has 1 unspecified atom stereocenters. The van der Waals surface area contributed by atoms with Crippen molar-refractivity contribution in [2.45, 2.75) is 39.3 Å². The highest BCUT2D eigenvalue weighted by Gasteiger charge is 2.12. The van der Waals surface area contributed by atoms with E-state index in [4.69, 9.17) is 4.74 Å². The van der Waals surface area contributed by atoms with Crippen LogP contribution in [0.5, 0.6) is 0 Å². The van der Waals surface area contributed by atoms with Gasteiger partial charge in [-0.15, -0.1) is 0 Å². The predicted octanol–water partition coefficient (Wildman–Crippen LogP) is 3.70. The highest BCUT2D eigenvalue weighted by molar-refractivity contribution is 5.79. The maximum Gasteiger partial charge on any atom is 0.0702 e. The summed E-state index contributed by atoms with van der Waals surface area (Å²) in [6.45, 7) is 8.01. The van der Waals surface area contributed by atoms with E-state index in [0.717, 1.165) is 18.5 Å². The molecule has 2 rings (SSSR count). The minimum atomic E-state index is 0.238. The molecule has 0 radical (unpaired) electrons. The maximum atomic E-state index is 5.79. The van der Waals surface area contributed by atoms with Crippen molar-refractivity contribution in [1.29, 1.82) is 0 Å². The van der Waals surface area contributed by atoms with Crippen LogP contribution in [0.25, 0.3) is 10.9 Å². The molecule has 0 fully saturated rings. The lowest BCUT2D eigenvalue weighted by molar-refractivity contribution is 0.0611. The Bertz CT molecular complexity index is 539. The first kappa shape index (κ1) is 14.9. The van der Waals surface area contributed by atoms with Gasteiger partial charge in [-0.2, -0.15) is 0 Å². The summed E-state index contributed by atoms with van der Waals surface area (Å²) in [6.07, 6.45) is 3.20. The number of hydrogen-bond donors (Lipinski definition) is 1. The molecular formula is C17H24N2O. The van der Waals surface area contributed by atoms with E-state index in [-0.39, 0.29) is 12.1 Å². The van der Waals surface area contributed by atoms with Crippen molar-refractivity contribution in [2.24, 2.45) is 0 Å². The molecule has 2 aromatic rings. The maximum absolute atomic E-state index is 5.79. The van der Waals surface area contributed by atoms with E-state index in [0.29, 0.717) is 6.61 Å². The molecule has 3 heteroatoms. The van der Waals surface area contributed by atoms with Crippen LogP contribution in [0.15, 0.2) is 36.5 Å². The van der Waals surface area contributed by atoms with Crippen molar-refractivity contribution >= 4 is 10.9 Å². The summed E-state index contributed by atoms with van der Waals surface area (Å²) >= 11 is 0. The van der Waals surface area contributed by atoms with Crippen LogP contribution >= 0.6 is 0 Å². The molecule has 0 bridgehead atoms. The smallest absolute Gasteiger partial charge is 0.0702 e. The van der Waals surface area contributed by atoms with Gasteiger partial charge in [-0.05, 0) is 50.6 Å². The standard InChI is InChI=1S/C17H24N2O/c1-4-9-18-17(12-20-13(2)3)15-7-8-16-14(11-15)6-5-10-19-16/h5-8,10-11,13,17-18H,4,9,12H2,1-3H3. The fourth-order valence-electron chi connectivity index (χ4n) is 2.19. The van der Waals surface area contributed by atoms with Gasteiger partial charge in [0.15, 0.2) is 0 Å². The van der Waals surface area contributed by atoms with Gasteiger partial charge in [0, 0.05) is 11.6 Å². The van der Waals surface area contributed by atoms with Crippen LogP contribution < -0.4 is 5.32 Å². The lowest BCUT2D eigenvalue weighted by Crippen LogP contribution is -2.27. The van der Waals surface area contributed by atoms with E-state index >= 15 is 0 Å². The van der Waals surface area contributed by atoms with Crippen molar-refractivity contribution in [3.63, 3.8) is 0 Å². The zero-order chi connectivity index (χ0) is 14.4. The van der Waals surface area contributed by atoms with E-state index in [1.807, 2.05) is 12.3 Å². The number of rotatable bonds is 7. The molecule has 1 aromatic heterocycles. The molecule has 0 amide bonds. The van der Waals surface area contributed by atoms with Gasteiger partial charge < -0.3 is 10.1 Å². The molecule has 3 nitrogen and oxygen atoms in total. The molecule has 1 N–H and O–H groups in total. The first-order valence-corrected chi connectivity index (χ1v) is 7.40. The number of ether oxygens (including phenoxy) is 1. The van der Waals surface area contributed by atoms with Gasteiger partial charge in [-0.1, -0.05) is 19.1 Å². The Labute approximate surface area is 121 Å². The van der Waals surface area contributed by atoms with Gasteiger partial charge in [0.1, 0.15) is 0 Å². The van der Waals surface area contributed by atoms with Gasteiger partial charge in [-0.3, -0.25) is 4.98 Å². The molecule has 0 aliphatic heterocycles. The van der Waals surface area contributed by atoms with E-state index in [1.165, 1.54) is 10.9 Å². The van der Waals surface area contributed by atoms with Crippen LogP contribution in [-0.4, -0.2) is 24.2 Å². The summed E-state index contributed by atoms with van der Waals surface area (Å²) in [5, 5.41) is 4.74. The van der Waals surface area contributed by atoms with Crippen LogP contribution in [-0.2, 0) is 4.74 Å². The fraction of sp³-hybridized carbons (Fsp3) is 0.471. The van der Waals surface area contributed by atoms with E-state index in [9.17, 15) is 0 Å². The van der Waals surface area contributed by atoms with Crippen molar-refractivity contribution in [3.05, 3.63) is 42.1 Å². The van der Waals surface area contributed by atoms with E-state index in [2.05, 4.69) is 55.3 Å². The summed E-state index contributed by atoms with van der Waals surface area (Å²) in [6, 6.07) is 10.8. The highest BCUT2D eigenvalue weighted by atomic mass is 16.5. The molecule has 0 saturated carbocycles. The minimum Gasteiger partial charge on any atom is -0.377 e. The number of fused-ring (bicyclic) bond motifs is 1. The average Bonchev–Trinajstić information content (AvgIpc) is 2.46. The second kappa shape index (κ2) is 7.36. The molecule has 1 atom stereocenters. The Hall–Kier alpha value is -1.45. The summed E-state index contributed by atoms with van der Waals surface area (Å²) in [5.41, 5.74) is 2.30. The van der Waals surface area contributed by atoms with Crippen LogP contribution in [0.3, 0.4) is 0 Å². The third-order valence-corrected chi connectivity index (χ3v) is 3.27. The monoisotopic (exact) mass is 272 g/mol. The number of benzene rings is 1. The third kappa shape index (κ3) is 4.02. The molecule has 1 aromatic carbocycles. The van der Waals surface area contributed by atoms with Crippen molar-refractivity contribution < 1.29 is 4.74 Å². The fourth-order valence-corrected chi connectivity index (χ4v) is 2.19. The number of pyridine rings is 1. The van der Waals surface area contributed by atoms with E-state index in [1.54, 1.807) is 0 Å². The van der Waals surface area contributed by atoms with Crippen molar-refractivity contribution in [1.82, 2.24) is 10.3 Å². The Morgan fingerprint density at radius 3 is 2.85 bits per heavy atom. The molecule has 0 saturated heterocycles. The first-order chi connectivity index (χ1) is 9.70. The number of nitrogens with zero attached hydrogens (tertiary/aromatic N) is 1. The molecular weight excluding hydrogens is 248 g/mol. The topological polar surface area (TPSA) is 34.1 Å². The highest BCUT2D eigenvalue weighted by Crippen LogP contribution is 2.20. The van der Waals surface area contributed by atoms with E-state index < -0.39 is 0 Å². The van der Waals surface area contributed by atoms with Crippen molar-refractivity contribution in [3.8, 4) is 0 Å². The zero-order valence-corrected chi connectivity index (χ0v) is 12.6. The van der Waals surface area contributed by atoms with Crippen LogP contribution in [0.4, 0.5) is 0 Å². The molecule has 1 heterocycles. The normalized spacial score (nSPS) is 13.0. The summed E-state index contributed by atoms with van der Waals surface area (Å²) < 4.78 is 5.79. The molecule has 0 aliphatic carbocycles. The molecule has 108 valence electrons. The second-order valence-electron chi connectivity index (χ2n) is 5.34. The van der Waals surface area contributed by atoms with Gasteiger partial charge in [0.2, 0.25) is 0 Å². The van der Waals surface area contributed by atoms with Crippen LogP contribution in [0.1, 0.15) is 38.8 Å². The minimum absolute atomic E-state index is 0.238. The lowest BCUT2D eigenvalue weighted by atomic mass is 10.0. The largest absolute Gasteiger partial charge is 0.377 e. The molecule has 0 aliphatic rings. The Balaban J connectivity index is 2.19. The SMILES string of the molecule is CCCNC(COC(C)C)c1ccc2ncccc2c1. The zero-order valence-electron chi connectivity index (χ0n) is 12.6. The summed E-state index contributed by atoms with van der Waals surface area (Å²) in [5.74, 6) is 0. The average molecular weight is 272 g/mol. The number of hydrogen-bond acceptors (Lipinski definition) is 3. The van der Waals surface area contributed by atoms with Crippen LogP contribution in [0.2, 0.25) is 0 Å². The first-order valence-electron chi connectivity index (χ1n) is 7.40. The summed E-state index contributed by atoms with van der Waals surface area (Å²) in [7, 11) is 0. The second-order valence-corrected chi connectivity index (χ2v) is 5.34. The molecule has 20 heavy (non-hydrogen) atoms. The summed E-state index contributed by atoms with van der Waals surface area (Å²) in [4.78, 5) is 4.37. The Morgan fingerprint density at radius 1 is 1.25 bits per heavy atom.